The molecule has 0 saturated heterocycles. The second-order valence-electron chi connectivity index (χ2n) is 8.67. The molecule has 0 aliphatic heterocycles. The maximum Gasteiger partial charge on any atom is 0.255 e. The van der Waals surface area contributed by atoms with Gasteiger partial charge in [-0.1, -0.05) is 19.1 Å². The number of carbonyl (C=O) groups excluding carboxylic acids is 2. The fourth-order valence-corrected chi connectivity index (χ4v) is 4.06. The van der Waals surface area contributed by atoms with Gasteiger partial charge in [-0.05, 0) is 90.3 Å². The SMILES string of the molecule is CCC(c1ccc(O)c(NC(=O)c2ccc(N)cc2)c1)c1ccc(O)c(NC(=O)c2ccc(N)cc2)c1. The number of anilines is 4. The average molecular weight is 497 g/mol. The maximum atomic E-state index is 12.7. The second-order valence-corrected chi connectivity index (χ2v) is 8.67. The molecule has 0 aliphatic rings. The highest BCUT2D eigenvalue weighted by Gasteiger charge is 2.18. The molecule has 8 heteroatoms. The van der Waals surface area contributed by atoms with Crippen molar-refractivity contribution in [2.75, 3.05) is 22.1 Å². The fraction of sp³-hybridized carbons (Fsp3) is 0.103. The predicted molar refractivity (Wildman–Crippen MR) is 146 cm³/mol. The highest BCUT2D eigenvalue weighted by molar-refractivity contribution is 6.06. The first-order valence-electron chi connectivity index (χ1n) is 11.7. The summed E-state index contributed by atoms with van der Waals surface area (Å²) in [6, 6.07) is 23.0. The second kappa shape index (κ2) is 10.7. The van der Waals surface area contributed by atoms with Gasteiger partial charge in [-0.2, -0.15) is 0 Å². The zero-order chi connectivity index (χ0) is 26.5. The summed E-state index contributed by atoms with van der Waals surface area (Å²) >= 11 is 0. The minimum atomic E-state index is -0.377. The first kappa shape index (κ1) is 25.1. The molecule has 0 unspecified atom stereocenters. The Morgan fingerprint density at radius 3 is 1.41 bits per heavy atom. The Bertz CT molecular complexity index is 1320. The maximum absolute atomic E-state index is 12.7. The van der Waals surface area contributed by atoms with E-state index >= 15 is 0 Å². The summed E-state index contributed by atoms with van der Waals surface area (Å²) in [5, 5.41) is 26.3. The number of phenols is 2. The third-order valence-electron chi connectivity index (χ3n) is 6.10. The first-order valence-corrected chi connectivity index (χ1v) is 11.7. The highest BCUT2D eigenvalue weighted by Crippen LogP contribution is 2.36. The molecule has 0 saturated carbocycles. The first-order chi connectivity index (χ1) is 17.7. The van der Waals surface area contributed by atoms with Gasteiger partial charge in [0.05, 0.1) is 11.4 Å². The van der Waals surface area contributed by atoms with Gasteiger partial charge in [0.2, 0.25) is 0 Å². The Hall–Kier alpha value is -4.98. The van der Waals surface area contributed by atoms with E-state index in [1.807, 2.05) is 6.92 Å². The molecular formula is C29H28N4O4. The van der Waals surface area contributed by atoms with E-state index in [1.165, 1.54) is 12.1 Å². The van der Waals surface area contributed by atoms with E-state index in [1.54, 1.807) is 72.8 Å². The molecule has 4 aromatic carbocycles. The average Bonchev–Trinajstić information content (AvgIpc) is 2.88. The van der Waals surface area contributed by atoms with E-state index in [2.05, 4.69) is 10.6 Å². The van der Waals surface area contributed by atoms with Crippen LogP contribution in [0.15, 0.2) is 84.9 Å². The number of nitrogens with one attached hydrogen (secondary N) is 2. The van der Waals surface area contributed by atoms with E-state index in [9.17, 15) is 19.8 Å². The van der Waals surface area contributed by atoms with E-state index in [0.717, 1.165) is 11.1 Å². The number of benzene rings is 4. The summed E-state index contributed by atoms with van der Waals surface area (Å²) in [7, 11) is 0. The topological polar surface area (TPSA) is 151 Å². The number of rotatable bonds is 7. The Kier molecular flexibility index (Phi) is 7.29. The summed E-state index contributed by atoms with van der Waals surface area (Å²) in [5.74, 6) is -1.02. The van der Waals surface area contributed by atoms with Crippen molar-refractivity contribution < 1.29 is 19.8 Å². The minimum absolute atomic E-state index is 0.0652. The fourth-order valence-electron chi connectivity index (χ4n) is 4.06. The van der Waals surface area contributed by atoms with Gasteiger partial charge >= 0.3 is 0 Å². The van der Waals surface area contributed by atoms with Gasteiger partial charge < -0.3 is 32.3 Å². The van der Waals surface area contributed by atoms with Gasteiger partial charge in [0.1, 0.15) is 11.5 Å². The molecule has 188 valence electrons. The molecule has 0 aliphatic carbocycles. The van der Waals surface area contributed by atoms with Crippen molar-refractivity contribution in [2.45, 2.75) is 19.3 Å². The van der Waals surface area contributed by atoms with Crippen LogP contribution in [0, 0.1) is 0 Å². The standard InChI is InChI=1S/C29H28N4O4/c1-2-23(19-7-13-26(34)24(15-19)32-28(36)17-3-9-21(30)10-4-17)20-8-14-27(35)25(16-20)33-29(37)18-5-11-22(31)12-6-18/h3-16,23,34-35H,2,30-31H2,1H3,(H,32,36)(H,33,37). The number of amides is 2. The van der Waals surface area contributed by atoms with Gasteiger partial charge in [0.25, 0.3) is 11.8 Å². The van der Waals surface area contributed by atoms with Crippen molar-refractivity contribution in [3.63, 3.8) is 0 Å². The van der Waals surface area contributed by atoms with E-state index < -0.39 is 0 Å². The molecule has 37 heavy (non-hydrogen) atoms. The van der Waals surface area contributed by atoms with Crippen LogP contribution in [0.4, 0.5) is 22.7 Å². The summed E-state index contributed by atoms with van der Waals surface area (Å²) < 4.78 is 0. The number of hydrogen-bond donors (Lipinski definition) is 6. The van der Waals surface area contributed by atoms with Crippen molar-refractivity contribution in [3.8, 4) is 11.5 Å². The largest absolute Gasteiger partial charge is 0.506 e. The molecule has 4 rings (SSSR count). The Labute approximate surface area is 214 Å². The van der Waals surface area contributed by atoms with Crippen LogP contribution in [0.3, 0.4) is 0 Å². The summed E-state index contributed by atoms with van der Waals surface area (Å²) in [4.78, 5) is 25.4. The van der Waals surface area contributed by atoms with E-state index in [4.69, 9.17) is 11.5 Å². The normalized spacial score (nSPS) is 10.8. The smallest absolute Gasteiger partial charge is 0.255 e. The third kappa shape index (κ3) is 5.82. The van der Waals surface area contributed by atoms with Crippen molar-refractivity contribution in [2.24, 2.45) is 0 Å². The molecule has 0 bridgehead atoms. The summed E-state index contributed by atoms with van der Waals surface area (Å²) in [6.07, 6.45) is 0.687. The molecule has 0 aromatic heterocycles. The molecule has 0 fully saturated rings. The van der Waals surface area contributed by atoms with Crippen molar-refractivity contribution in [3.05, 3.63) is 107 Å². The van der Waals surface area contributed by atoms with Crippen molar-refractivity contribution in [1.29, 1.82) is 0 Å². The molecule has 8 N–H and O–H groups in total. The van der Waals surface area contributed by atoms with Gasteiger partial charge in [-0.25, -0.2) is 0 Å². The lowest BCUT2D eigenvalue weighted by atomic mass is 9.88. The Morgan fingerprint density at radius 2 is 1.05 bits per heavy atom. The molecule has 0 heterocycles. The summed E-state index contributed by atoms with van der Waals surface area (Å²) in [6.45, 7) is 2.00. The minimum Gasteiger partial charge on any atom is -0.506 e. The molecule has 0 spiro atoms. The number of carbonyl (C=O) groups is 2. The third-order valence-corrected chi connectivity index (χ3v) is 6.10. The number of aromatic hydroxyl groups is 2. The van der Waals surface area contributed by atoms with Gasteiger partial charge in [0.15, 0.2) is 0 Å². The molecule has 8 nitrogen and oxygen atoms in total. The van der Waals surface area contributed by atoms with Crippen LogP contribution in [0.25, 0.3) is 0 Å². The van der Waals surface area contributed by atoms with Crippen LogP contribution in [-0.4, -0.2) is 22.0 Å². The monoisotopic (exact) mass is 496 g/mol. The van der Waals surface area contributed by atoms with Gasteiger partial charge in [0, 0.05) is 28.4 Å². The van der Waals surface area contributed by atoms with Crippen LogP contribution in [-0.2, 0) is 0 Å². The van der Waals surface area contributed by atoms with Crippen molar-refractivity contribution in [1.82, 2.24) is 0 Å². The van der Waals surface area contributed by atoms with E-state index in [0.29, 0.717) is 28.9 Å². The van der Waals surface area contributed by atoms with Gasteiger partial charge in [-0.3, -0.25) is 9.59 Å². The lowest BCUT2D eigenvalue weighted by Crippen LogP contribution is -2.13. The molecular weight excluding hydrogens is 468 g/mol. The molecule has 4 aromatic rings. The Morgan fingerprint density at radius 1 is 0.676 bits per heavy atom. The lowest BCUT2D eigenvalue weighted by Gasteiger charge is -2.19. The van der Waals surface area contributed by atoms with Crippen LogP contribution in [0.2, 0.25) is 0 Å². The zero-order valence-corrected chi connectivity index (χ0v) is 20.2. The van der Waals surface area contributed by atoms with Crippen LogP contribution < -0.4 is 22.1 Å². The number of nitrogens with two attached hydrogens (primary N) is 2. The summed E-state index contributed by atoms with van der Waals surface area (Å²) in [5.41, 5.74) is 15.5. The van der Waals surface area contributed by atoms with Crippen LogP contribution in [0.5, 0.6) is 11.5 Å². The van der Waals surface area contributed by atoms with Gasteiger partial charge in [-0.15, -0.1) is 0 Å². The number of hydrogen-bond acceptors (Lipinski definition) is 6. The molecule has 2 amide bonds. The predicted octanol–water partition coefficient (Wildman–Crippen LogP) is 5.31. The van der Waals surface area contributed by atoms with Crippen molar-refractivity contribution >= 4 is 34.6 Å². The highest BCUT2D eigenvalue weighted by atomic mass is 16.3. The number of phenolic OH excluding ortho intramolecular Hbond substituents is 2. The lowest BCUT2D eigenvalue weighted by molar-refractivity contribution is 0.101. The van der Waals surface area contributed by atoms with Crippen LogP contribution >= 0.6 is 0 Å². The van der Waals surface area contributed by atoms with E-state index in [-0.39, 0.29) is 40.6 Å². The quantitative estimate of drug-likeness (QED) is 0.151. The Balaban J connectivity index is 1.59. The molecule has 0 atom stereocenters. The zero-order valence-electron chi connectivity index (χ0n) is 20.2. The van der Waals surface area contributed by atoms with Crippen LogP contribution in [0.1, 0.15) is 51.1 Å². The molecule has 0 radical (unpaired) electrons. The number of nitrogen functional groups attached to an aromatic ring is 2.